The van der Waals surface area contributed by atoms with Crippen LogP contribution in [0.3, 0.4) is 0 Å². The maximum Gasteiger partial charge on any atom is 0.435 e. The van der Waals surface area contributed by atoms with E-state index in [1.807, 2.05) is 6.92 Å². The Morgan fingerprint density at radius 2 is 2.18 bits per heavy atom. The normalized spacial score (nSPS) is 11.6. The highest BCUT2D eigenvalue weighted by molar-refractivity contribution is 7.17. The number of aromatic nitrogens is 1. The molecule has 0 aromatic carbocycles. The summed E-state index contributed by atoms with van der Waals surface area (Å²) in [5, 5.41) is 0. The maximum absolute atomic E-state index is 12.5. The molecule has 0 spiro atoms. The molecule has 0 aliphatic heterocycles. The molecule has 3 nitrogen and oxygen atoms in total. The van der Waals surface area contributed by atoms with Crippen molar-refractivity contribution in [2.45, 2.75) is 25.9 Å². The van der Waals surface area contributed by atoms with Crippen molar-refractivity contribution in [3.63, 3.8) is 0 Å². The lowest BCUT2D eigenvalue weighted by Crippen LogP contribution is -2.14. The van der Waals surface area contributed by atoms with Gasteiger partial charge in [-0.05, 0) is 6.42 Å². The van der Waals surface area contributed by atoms with Gasteiger partial charge in [0, 0.05) is 0 Å². The number of hydrogen-bond acceptors (Lipinski definition) is 4. The first-order chi connectivity index (χ1) is 7.86. The van der Waals surface area contributed by atoms with Crippen LogP contribution in [0.2, 0.25) is 4.47 Å². The number of rotatable bonds is 4. The van der Waals surface area contributed by atoms with E-state index in [2.05, 4.69) is 4.98 Å². The Morgan fingerprint density at radius 3 is 2.71 bits per heavy atom. The van der Waals surface area contributed by atoms with Gasteiger partial charge in [0.2, 0.25) is 0 Å². The summed E-state index contributed by atoms with van der Waals surface area (Å²) in [5.41, 5.74) is -1.28. The average Bonchev–Trinajstić information content (AvgIpc) is 2.60. The molecule has 0 amide bonds. The average molecular weight is 288 g/mol. The molecule has 1 rings (SSSR count). The van der Waals surface area contributed by atoms with E-state index >= 15 is 0 Å². The molecule has 1 aromatic rings. The van der Waals surface area contributed by atoms with E-state index in [0.717, 1.165) is 6.42 Å². The van der Waals surface area contributed by atoms with Crippen molar-refractivity contribution in [3.05, 3.63) is 15.0 Å². The molecular formula is C9H9ClF3NO2S. The number of esters is 1. The van der Waals surface area contributed by atoms with Crippen LogP contribution in [0, 0.1) is 0 Å². The number of halogens is 4. The zero-order chi connectivity index (χ0) is 13.1. The number of ether oxygens (including phenoxy) is 1. The molecule has 96 valence electrons. The van der Waals surface area contributed by atoms with E-state index in [-0.39, 0.29) is 11.1 Å². The molecule has 0 unspecified atom stereocenters. The lowest BCUT2D eigenvalue weighted by atomic mass is 10.3. The highest BCUT2D eigenvalue weighted by Crippen LogP contribution is 2.36. The summed E-state index contributed by atoms with van der Waals surface area (Å²) in [4.78, 5) is 13.9. The van der Waals surface area contributed by atoms with Crippen molar-refractivity contribution in [2.24, 2.45) is 0 Å². The SMILES string of the molecule is CCCCOC(=O)c1sc(Cl)nc1C(F)(F)F. The van der Waals surface area contributed by atoms with Gasteiger partial charge in [0.15, 0.2) is 10.2 Å². The van der Waals surface area contributed by atoms with E-state index in [1.54, 1.807) is 0 Å². The van der Waals surface area contributed by atoms with E-state index in [4.69, 9.17) is 16.3 Å². The third kappa shape index (κ3) is 3.85. The molecular weight excluding hydrogens is 279 g/mol. The second kappa shape index (κ2) is 5.68. The van der Waals surface area contributed by atoms with Gasteiger partial charge in [0.25, 0.3) is 0 Å². The monoisotopic (exact) mass is 287 g/mol. The highest BCUT2D eigenvalue weighted by atomic mass is 35.5. The Kier molecular flexibility index (Phi) is 4.76. The molecule has 1 aromatic heterocycles. The molecule has 0 saturated heterocycles. The number of hydrogen-bond donors (Lipinski definition) is 0. The maximum atomic E-state index is 12.5. The van der Waals surface area contributed by atoms with Crippen LogP contribution >= 0.6 is 22.9 Å². The molecule has 0 saturated carbocycles. The van der Waals surface area contributed by atoms with Crippen LogP contribution < -0.4 is 0 Å². The van der Waals surface area contributed by atoms with Crippen LogP contribution in [-0.2, 0) is 10.9 Å². The number of carbonyl (C=O) groups excluding carboxylic acids is 1. The fourth-order valence-electron chi connectivity index (χ4n) is 0.999. The quantitative estimate of drug-likeness (QED) is 0.625. The van der Waals surface area contributed by atoms with Crippen molar-refractivity contribution in [1.29, 1.82) is 0 Å². The van der Waals surface area contributed by atoms with Crippen LogP contribution in [0.25, 0.3) is 0 Å². The molecule has 1 heterocycles. The van der Waals surface area contributed by atoms with Gasteiger partial charge in [0.05, 0.1) is 6.61 Å². The van der Waals surface area contributed by atoms with E-state index in [9.17, 15) is 18.0 Å². The minimum atomic E-state index is -4.71. The predicted octanol–water partition coefficient (Wildman–Crippen LogP) is 3.77. The van der Waals surface area contributed by atoms with Gasteiger partial charge in [-0.1, -0.05) is 36.3 Å². The second-order valence-corrected chi connectivity index (χ2v) is 4.71. The fraction of sp³-hybridized carbons (Fsp3) is 0.556. The largest absolute Gasteiger partial charge is 0.461 e. The first kappa shape index (κ1) is 14.2. The van der Waals surface area contributed by atoms with Crippen LogP contribution in [0.5, 0.6) is 0 Å². The zero-order valence-corrected chi connectivity index (χ0v) is 10.4. The number of unbranched alkanes of at least 4 members (excludes halogenated alkanes) is 1. The van der Waals surface area contributed by atoms with Gasteiger partial charge in [-0.15, -0.1) is 0 Å². The van der Waals surface area contributed by atoms with Crippen molar-refractivity contribution >= 4 is 28.9 Å². The summed E-state index contributed by atoms with van der Waals surface area (Å²) in [5.74, 6) is -1.03. The topological polar surface area (TPSA) is 39.2 Å². The van der Waals surface area contributed by atoms with Crippen LogP contribution in [0.15, 0.2) is 0 Å². The molecule has 0 aliphatic rings. The van der Waals surface area contributed by atoms with Gasteiger partial charge >= 0.3 is 12.1 Å². The van der Waals surface area contributed by atoms with Crippen molar-refractivity contribution in [2.75, 3.05) is 6.61 Å². The minimum Gasteiger partial charge on any atom is -0.461 e. The van der Waals surface area contributed by atoms with Gasteiger partial charge in [0.1, 0.15) is 4.88 Å². The summed E-state index contributed by atoms with van der Waals surface area (Å²) < 4.78 is 41.8. The number of alkyl halides is 3. The second-order valence-electron chi connectivity index (χ2n) is 3.13. The highest BCUT2D eigenvalue weighted by Gasteiger charge is 2.40. The smallest absolute Gasteiger partial charge is 0.435 e. The summed E-state index contributed by atoms with van der Waals surface area (Å²) in [7, 11) is 0. The van der Waals surface area contributed by atoms with Gasteiger partial charge < -0.3 is 4.74 Å². The van der Waals surface area contributed by atoms with E-state index in [0.29, 0.717) is 17.8 Å². The van der Waals surface area contributed by atoms with Crippen molar-refractivity contribution < 1.29 is 22.7 Å². The fourth-order valence-corrected chi connectivity index (χ4v) is 2.02. The van der Waals surface area contributed by atoms with Crippen LogP contribution in [0.4, 0.5) is 13.2 Å². The van der Waals surface area contributed by atoms with E-state index in [1.165, 1.54) is 0 Å². The zero-order valence-electron chi connectivity index (χ0n) is 8.81. The molecule has 17 heavy (non-hydrogen) atoms. The molecule has 8 heteroatoms. The molecule has 0 fully saturated rings. The molecule has 0 N–H and O–H groups in total. The summed E-state index contributed by atoms with van der Waals surface area (Å²) in [6.07, 6.45) is -3.33. The number of carbonyl (C=O) groups is 1. The lowest BCUT2D eigenvalue weighted by Gasteiger charge is -2.06. The number of nitrogens with zero attached hydrogens (tertiary/aromatic N) is 1. The number of thiazole rings is 1. The predicted molar refractivity (Wildman–Crippen MR) is 57.3 cm³/mol. The van der Waals surface area contributed by atoms with Gasteiger partial charge in [-0.3, -0.25) is 0 Å². The van der Waals surface area contributed by atoms with Crippen LogP contribution in [0.1, 0.15) is 35.1 Å². The minimum absolute atomic E-state index is 0.0855. The molecule has 0 atom stereocenters. The molecule has 0 aliphatic carbocycles. The van der Waals surface area contributed by atoms with Crippen LogP contribution in [-0.4, -0.2) is 17.6 Å². The third-order valence-electron chi connectivity index (χ3n) is 1.79. The Labute approximate surface area is 105 Å². The van der Waals surface area contributed by atoms with Crippen molar-refractivity contribution in [1.82, 2.24) is 4.98 Å². The van der Waals surface area contributed by atoms with E-state index < -0.39 is 22.7 Å². The first-order valence-electron chi connectivity index (χ1n) is 4.77. The van der Waals surface area contributed by atoms with Gasteiger partial charge in [-0.2, -0.15) is 13.2 Å². The Balaban J connectivity index is 2.86. The molecule has 0 bridgehead atoms. The standard InChI is InChI=1S/C9H9ClF3NO2S/c1-2-3-4-16-7(15)5-6(9(11,12)13)14-8(10)17-5/h2-4H2,1H3. The molecule has 0 radical (unpaired) electrons. The van der Waals surface area contributed by atoms with Gasteiger partial charge in [-0.25, -0.2) is 9.78 Å². The Hall–Kier alpha value is -0.820. The lowest BCUT2D eigenvalue weighted by molar-refractivity contribution is -0.141. The van der Waals surface area contributed by atoms with Crippen molar-refractivity contribution in [3.8, 4) is 0 Å². The summed E-state index contributed by atoms with van der Waals surface area (Å²) in [6, 6.07) is 0. The summed E-state index contributed by atoms with van der Waals surface area (Å²) in [6.45, 7) is 1.96. The first-order valence-corrected chi connectivity index (χ1v) is 5.96. The Bertz CT molecular complexity index is 405. The Morgan fingerprint density at radius 1 is 1.53 bits per heavy atom. The third-order valence-corrected chi connectivity index (χ3v) is 2.93. The summed E-state index contributed by atoms with van der Waals surface area (Å²) >= 11 is 5.84.